The first kappa shape index (κ1) is 16.0. The van der Waals surface area contributed by atoms with Crippen molar-refractivity contribution in [2.75, 3.05) is 26.7 Å². The standard InChI is InChI=1S/C18H28N2O/c1-4-18(5-2,16-9-7-6-8-10-16)17(21)20-12-11-15(14-20)13-19-3/h6-10,15,19H,4-5,11-14H2,1-3H3. The summed E-state index contributed by atoms with van der Waals surface area (Å²) in [7, 11) is 1.98. The molecule has 0 aliphatic carbocycles. The molecule has 1 unspecified atom stereocenters. The number of hydrogen-bond donors (Lipinski definition) is 1. The first-order chi connectivity index (χ1) is 10.2. The van der Waals surface area contributed by atoms with E-state index in [-0.39, 0.29) is 5.41 Å². The van der Waals surface area contributed by atoms with Gasteiger partial charge in [0.25, 0.3) is 0 Å². The molecule has 1 amide bonds. The van der Waals surface area contributed by atoms with Crippen LogP contribution in [0.3, 0.4) is 0 Å². The summed E-state index contributed by atoms with van der Waals surface area (Å²) < 4.78 is 0. The third-order valence-electron chi connectivity index (χ3n) is 5.01. The van der Waals surface area contributed by atoms with Gasteiger partial charge in [0.15, 0.2) is 0 Å². The molecule has 0 saturated carbocycles. The van der Waals surface area contributed by atoms with Crippen LogP contribution in [-0.2, 0) is 10.2 Å². The average Bonchev–Trinajstić information content (AvgIpc) is 2.99. The Hall–Kier alpha value is -1.35. The van der Waals surface area contributed by atoms with Gasteiger partial charge in [-0.25, -0.2) is 0 Å². The first-order valence-electron chi connectivity index (χ1n) is 8.17. The number of carbonyl (C=O) groups is 1. The number of amides is 1. The molecule has 1 atom stereocenters. The lowest BCUT2D eigenvalue weighted by Gasteiger charge is -2.35. The Morgan fingerprint density at radius 2 is 1.95 bits per heavy atom. The number of rotatable bonds is 6. The van der Waals surface area contributed by atoms with Gasteiger partial charge in [0.2, 0.25) is 5.91 Å². The minimum Gasteiger partial charge on any atom is -0.342 e. The van der Waals surface area contributed by atoms with E-state index >= 15 is 0 Å². The quantitative estimate of drug-likeness (QED) is 0.873. The van der Waals surface area contributed by atoms with Crippen molar-refractivity contribution in [2.45, 2.75) is 38.5 Å². The monoisotopic (exact) mass is 288 g/mol. The van der Waals surface area contributed by atoms with E-state index < -0.39 is 0 Å². The van der Waals surface area contributed by atoms with E-state index in [0.29, 0.717) is 11.8 Å². The summed E-state index contributed by atoms with van der Waals surface area (Å²) in [5, 5.41) is 3.23. The number of nitrogens with one attached hydrogen (secondary N) is 1. The molecule has 0 spiro atoms. The number of hydrogen-bond acceptors (Lipinski definition) is 2. The molecule has 1 aromatic rings. The van der Waals surface area contributed by atoms with Crippen LogP contribution < -0.4 is 5.32 Å². The van der Waals surface area contributed by atoms with E-state index in [9.17, 15) is 4.79 Å². The molecule has 3 nitrogen and oxygen atoms in total. The Morgan fingerprint density at radius 3 is 2.52 bits per heavy atom. The molecular weight excluding hydrogens is 260 g/mol. The van der Waals surface area contributed by atoms with Gasteiger partial charge in [-0.3, -0.25) is 4.79 Å². The predicted octanol–water partition coefficient (Wildman–Crippen LogP) is 2.81. The van der Waals surface area contributed by atoms with Crippen molar-refractivity contribution in [2.24, 2.45) is 5.92 Å². The topological polar surface area (TPSA) is 32.3 Å². The Balaban J connectivity index is 2.21. The number of carbonyl (C=O) groups excluding carboxylic acids is 1. The second kappa shape index (κ2) is 7.08. The highest BCUT2D eigenvalue weighted by molar-refractivity contribution is 5.88. The summed E-state index contributed by atoms with van der Waals surface area (Å²) in [6.07, 6.45) is 2.84. The molecule has 0 bridgehead atoms. The summed E-state index contributed by atoms with van der Waals surface area (Å²) in [4.78, 5) is 15.3. The van der Waals surface area contributed by atoms with Crippen molar-refractivity contribution in [3.05, 3.63) is 35.9 Å². The molecule has 1 heterocycles. The van der Waals surface area contributed by atoms with Gasteiger partial charge in [-0.05, 0) is 44.3 Å². The maximum Gasteiger partial charge on any atom is 0.233 e. The van der Waals surface area contributed by atoms with E-state index in [1.165, 1.54) is 0 Å². The number of likely N-dealkylation sites (tertiary alicyclic amines) is 1. The lowest BCUT2D eigenvalue weighted by Crippen LogP contribution is -2.45. The molecule has 0 aromatic heterocycles. The van der Waals surface area contributed by atoms with Gasteiger partial charge in [0, 0.05) is 13.1 Å². The third-order valence-corrected chi connectivity index (χ3v) is 5.01. The van der Waals surface area contributed by atoms with E-state index in [1.807, 2.05) is 25.2 Å². The minimum absolute atomic E-state index is 0.317. The van der Waals surface area contributed by atoms with E-state index in [2.05, 4.69) is 36.2 Å². The average molecular weight is 288 g/mol. The van der Waals surface area contributed by atoms with Crippen LogP contribution in [0, 0.1) is 5.92 Å². The summed E-state index contributed by atoms with van der Waals surface area (Å²) in [6, 6.07) is 10.3. The van der Waals surface area contributed by atoms with Gasteiger partial charge in [-0.1, -0.05) is 44.2 Å². The van der Waals surface area contributed by atoms with Crippen LogP contribution in [0.25, 0.3) is 0 Å². The third kappa shape index (κ3) is 3.13. The molecule has 1 fully saturated rings. The second-order valence-electron chi connectivity index (χ2n) is 6.12. The molecule has 0 radical (unpaired) electrons. The van der Waals surface area contributed by atoms with Crippen molar-refractivity contribution in [1.82, 2.24) is 10.2 Å². The summed E-state index contributed by atoms with van der Waals surface area (Å²) >= 11 is 0. The molecule has 2 rings (SSSR count). The van der Waals surface area contributed by atoms with Crippen LogP contribution in [-0.4, -0.2) is 37.5 Å². The van der Waals surface area contributed by atoms with Crippen LogP contribution in [0.4, 0.5) is 0 Å². The minimum atomic E-state index is -0.351. The maximum absolute atomic E-state index is 13.2. The number of benzene rings is 1. The highest BCUT2D eigenvalue weighted by Gasteiger charge is 2.41. The Morgan fingerprint density at radius 1 is 1.29 bits per heavy atom. The van der Waals surface area contributed by atoms with Gasteiger partial charge in [-0.2, -0.15) is 0 Å². The molecule has 1 saturated heterocycles. The van der Waals surface area contributed by atoms with Crippen molar-refractivity contribution >= 4 is 5.91 Å². The van der Waals surface area contributed by atoms with Crippen molar-refractivity contribution in [3.8, 4) is 0 Å². The Bertz CT molecular complexity index is 454. The highest BCUT2D eigenvalue weighted by Crippen LogP contribution is 2.35. The van der Waals surface area contributed by atoms with E-state index in [1.54, 1.807) is 0 Å². The molecule has 1 aliphatic heterocycles. The van der Waals surface area contributed by atoms with Crippen LogP contribution >= 0.6 is 0 Å². The fourth-order valence-electron chi connectivity index (χ4n) is 3.62. The zero-order chi connectivity index (χ0) is 15.3. The summed E-state index contributed by atoms with van der Waals surface area (Å²) in [5.41, 5.74) is 0.813. The van der Waals surface area contributed by atoms with Crippen molar-refractivity contribution in [1.29, 1.82) is 0 Å². The largest absolute Gasteiger partial charge is 0.342 e. The van der Waals surface area contributed by atoms with E-state index in [4.69, 9.17) is 0 Å². The lowest BCUT2D eigenvalue weighted by molar-refractivity contribution is -0.137. The van der Waals surface area contributed by atoms with Gasteiger partial charge in [-0.15, -0.1) is 0 Å². The molecular formula is C18H28N2O. The second-order valence-corrected chi connectivity index (χ2v) is 6.12. The predicted molar refractivity (Wildman–Crippen MR) is 87.3 cm³/mol. The maximum atomic E-state index is 13.2. The zero-order valence-electron chi connectivity index (χ0n) is 13.6. The zero-order valence-corrected chi connectivity index (χ0v) is 13.6. The molecule has 1 N–H and O–H groups in total. The van der Waals surface area contributed by atoms with Crippen molar-refractivity contribution < 1.29 is 4.79 Å². The Kier molecular flexibility index (Phi) is 5.40. The fourth-order valence-corrected chi connectivity index (χ4v) is 3.62. The van der Waals surface area contributed by atoms with Gasteiger partial charge >= 0.3 is 0 Å². The number of nitrogens with zero attached hydrogens (tertiary/aromatic N) is 1. The fraction of sp³-hybridized carbons (Fsp3) is 0.611. The highest BCUT2D eigenvalue weighted by atomic mass is 16.2. The van der Waals surface area contributed by atoms with Gasteiger partial charge in [0.05, 0.1) is 5.41 Å². The van der Waals surface area contributed by atoms with Gasteiger partial charge < -0.3 is 10.2 Å². The van der Waals surface area contributed by atoms with Crippen LogP contribution in [0.15, 0.2) is 30.3 Å². The van der Waals surface area contributed by atoms with E-state index in [0.717, 1.165) is 44.5 Å². The van der Waals surface area contributed by atoms with Crippen LogP contribution in [0.1, 0.15) is 38.7 Å². The van der Waals surface area contributed by atoms with Gasteiger partial charge in [0.1, 0.15) is 0 Å². The first-order valence-corrected chi connectivity index (χ1v) is 8.17. The SMILES string of the molecule is CCC(CC)(C(=O)N1CCC(CNC)C1)c1ccccc1. The lowest BCUT2D eigenvalue weighted by atomic mass is 9.74. The molecule has 21 heavy (non-hydrogen) atoms. The smallest absolute Gasteiger partial charge is 0.233 e. The Labute approximate surface area is 128 Å². The summed E-state index contributed by atoms with van der Waals surface area (Å²) in [6.45, 7) is 7.07. The van der Waals surface area contributed by atoms with Crippen LogP contribution in [0.5, 0.6) is 0 Å². The molecule has 116 valence electrons. The molecule has 1 aromatic carbocycles. The van der Waals surface area contributed by atoms with Crippen molar-refractivity contribution in [3.63, 3.8) is 0 Å². The normalized spacial score (nSPS) is 19.0. The molecule has 1 aliphatic rings. The molecule has 3 heteroatoms. The van der Waals surface area contributed by atoms with Crippen LogP contribution in [0.2, 0.25) is 0 Å². The summed E-state index contributed by atoms with van der Waals surface area (Å²) in [5.74, 6) is 0.915.